The fourth-order valence-electron chi connectivity index (χ4n) is 11.7. The Bertz CT molecular complexity index is 1800. The van der Waals surface area contributed by atoms with E-state index in [4.69, 9.17) is 24.7 Å². The molecule has 2 saturated carbocycles. The lowest BCUT2D eigenvalue weighted by atomic mass is 9.78. The van der Waals surface area contributed by atoms with E-state index in [1.165, 1.54) is 213 Å². The second-order valence-corrected chi connectivity index (χ2v) is 22.1. The molecule has 0 N–H and O–H groups in total. The highest BCUT2D eigenvalue weighted by atomic mass is 16.5. The molecule has 0 amide bonds. The maximum Gasteiger partial charge on any atom is 0.131 e. The van der Waals surface area contributed by atoms with E-state index in [2.05, 4.69) is 88.9 Å². The van der Waals surface area contributed by atoms with Crippen LogP contribution in [0.2, 0.25) is 0 Å². The molecule has 380 valence electrons. The summed E-state index contributed by atoms with van der Waals surface area (Å²) in [5, 5.41) is 0. The van der Waals surface area contributed by atoms with Crippen molar-refractivity contribution in [3.63, 3.8) is 0 Å². The molecule has 5 heteroatoms. The third-order valence-electron chi connectivity index (χ3n) is 16.1. The number of nitrogens with zero attached hydrogens (tertiary/aromatic N) is 4. The normalized spacial score (nSPS) is 18.4. The van der Waals surface area contributed by atoms with Gasteiger partial charge in [0.2, 0.25) is 0 Å². The van der Waals surface area contributed by atoms with E-state index in [0.29, 0.717) is 23.7 Å². The average molecular weight is 940 g/mol. The molecule has 2 heterocycles. The van der Waals surface area contributed by atoms with Crippen LogP contribution < -0.4 is 4.74 Å². The van der Waals surface area contributed by atoms with Crippen LogP contribution in [0.15, 0.2) is 61.2 Å². The van der Waals surface area contributed by atoms with Crippen molar-refractivity contribution in [3.05, 3.63) is 106 Å². The van der Waals surface area contributed by atoms with E-state index < -0.39 is 0 Å². The zero-order valence-electron chi connectivity index (χ0n) is 44.7. The lowest BCUT2D eigenvalue weighted by molar-refractivity contribution is 0.312. The number of unbranched alkanes of at least 4 members (excludes halogenated alkanes) is 18. The molecule has 0 radical (unpaired) electrons. The van der Waals surface area contributed by atoms with Crippen molar-refractivity contribution in [1.29, 1.82) is 0 Å². The summed E-state index contributed by atoms with van der Waals surface area (Å²) < 4.78 is 7.09. The summed E-state index contributed by atoms with van der Waals surface area (Å²) in [5.74, 6) is 6.51. The Kier molecular flexibility index (Phi) is 25.7. The molecule has 0 bridgehead atoms. The SMILES string of the molecule is CCCCCCCCCCCCc1cnc([C@H]2CC[C@H](Cc3cc(CCC)ccc3Oc3ccc(CCC)cc3C[C@H]3CC[C@H](c4ncc(CCCCCCCCCCCC)cn4)CC3)CC2)nc1. The van der Waals surface area contributed by atoms with Crippen LogP contribution in [0.25, 0.3) is 0 Å². The number of hydrogen-bond acceptors (Lipinski definition) is 5. The average Bonchev–Trinajstić information content (AvgIpc) is 3.37. The standard InChI is InChI=1S/C64H98N4O/c1-5-9-11-13-15-17-19-21-23-25-29-55-47-65-63(66-48-55)57-37-31-53(32-38-57)45-59-43-51(27-7-3)35-41-61(59)69-62-42-36-52(28-8-4)44-60(62)46-54-33-39-58(40-34-54)64-67-49-56(50-68-64)30-26-24-22-20-18-16-14-12-10-6-2/h35-36,41-44,47-50,53-54,57-58H,5-34,37-40,45-46H2,1-4H3/t53-,54-,57-,58-. The van der Waals surface area contributed by atoms with E-state index in [1.807, 2.05) is 0 Å². The van der Waals surface area contributed by atoms with Crippen LogP contribution in [0.5, 0.6) is 11.5 Å². The highest BCUT2D eigenvalue weighted by Crippen LogP contribution is 2.41. The van der Waals surface area contributed by atoms with Crippen molar-refractivity contribution in [1.82, 2.24) is 19.9 Å². The third kappa shape index (κ3) is 19.8. The summed E-state index contributed by atoms with van der Waals surface area (Å²) in [7, 11) is 0. The predicted octanol–water partition coefficient (Wildman–Crippen LogP) is 18.9. The summed E-state index contributed by atoms with van der Waals surface area (Å²) in [6, 6.07) is 14.1. The summed E-state index contributed by atoms with van der Waals surface area (Å²) in [6.07, 6.45) is 54.6. The molecule has 2 fully saturated rings. The smallest absolute Gasteiger partial charge is 0.131 e. The van der Waals surface area contributed by atoms with E-state index >= 15 is 0 Å². The summed E-state index contributed by atoms with van der Waals surface area (Å²) in [5.41, 5.74) is 8.25. The predicted molar refractivity (Wildman–Crippen MR) is 293 cm³/mol. The number of hydrogen-bond donors (Lipinski definition) is 0. The minimum absolute atomic E-state index is 0.478. The van der Waals surface area contributed by atoms with Crippen LogP contribution >= 0.6 is 0 Å². The highest BCUT2D eigenvalue weighted by molar-refractivity contribution is 5.45. The van der Waals surface area contributed by atoms with Crippen molar-refractivity contribution in [2.45, 2.75) is 271 Å². The summed E-state index contributed by atoms with van der Waals surface area (Å²) in [6.45, 7) is 9.18. The van der Waals surface area contributed by atoms with Crippen molar-refractivity contribution in [3.8, 4) is 11.5 Å². The van der Waals surface area contributed by atoms with Gasteiger partial charge in [-0.1, -0.05) is 180 Å². The highest BCUT2D eigenvalue weighted by Gasteiger charge is 2.27. The lowest BCUT2D eigenvalue weighted by Crippen LogP contribution is -2.18. The number of aryl methyl sites for hydroxylation is 4. The molecular weight excluding hydrogens is 841 g/mol. The number of rotatable bonds is 34. The summed E-state index contributed by atoms with van der Waals surface area (Å²) >= 11 is 0. The number of benzene rings is 2. The van der Waals surface area contributed by atoms with E-state index in [9.17, 15) is 0 Å². The minimum Gasteiger partial charge on any atom is -0.457 e. The van der Waals surface area contributed by atoms with Gasteiger partial charge in [0.25, 0.3) is 0 Å². The van der Waals surface area contributed by atoms with Gasteiger partial charge in [-0.25, -0.2) is 19.9 Å². The van der Waals surface area contributed by atoms with Crippen molar-refractivity contribution >= 4 is 0 Å². The van der Waals surface area contributed by atoms with E-state index in [0.717, 1.165) is 74.5 Å². The molecular formula is C64H98N4O. The first-order valence-corrected chi connectivity index (χ1v) is 29.6. The van der Waals surface area contributed by atoms with Gasteiger partial charge in [-0.15, -0.1) is 0 Å². The van der Waals surface area contributed by atoms with Crippen molar-refractivity contribution in [2.75, 3.05) is 0 Å². The second kappa shape index (κ2) is 32.4. The minimum atomic E-state index is 0.478. The molecule has 0 aliphatic heterocycles. The molecule has 0 unspecified atom stereocenters. The van der Waals surface area contributed by atoms with Gasteiger partial charge in [-0.2, -0.15) is 0 Å². The Morgan fingerprint density at radius 3 is 1.03 bits per heavy atom. The van der Waals surface area contributed by atoms with Crippen LogP contribution in [0, 0.1) is 11.8 Å². The first kappa shape index (κ1) is 54.7. The lowest BCUT2D eigenvalue weighted by Gasteiger charge is -2.29. The molecule has 0 spiro atoms. The molecule has 0 atom stereocenters. The maximum atomic E-state index is 7.09. The fourth-order valence-corrected chi connectivity index (χ4v) is 11.7. The second-order valence-electron chi connectivity index (χ2n) is 22.1. The van der Waals surface area contributed by atoms with Gasteiger partial charge in [0, 0.05) is 36.6 Å². The topological polar surface area (TPSA) is 60.8 Å². The molecule has 5 nitrogen and oxygen atoms in total. The molecule has 2 aliphatic rings. The van der Waals surface area contributed by atoms with Crippen LogP contribution in [-0.4, -0.2) is 19.9 Å². The van der Waals surface area contributed by atoms with Crippen molar-refractivity contribution in [2.24, 2.45) is 11.8 Å². The fraction of sp³-hybridized carbons (Fsp3) is 0.688. The molecule has 2 aromatic carbocycles. The Morgan fingerprint density at radius 1 is 0.362 bits per heavy atom. The van der Waals surface area contributed by atoms with Gasteiger partial charge in [-0.3, -0.25) is 0 Å². The zero-order valence-corrected chi connectivity index (χ0v) is 44.7. The van der Waals surface area contributed by atoms with Gasteiger partial charge < -0.3 is 4.74 Å². The molecule has 0 saturated heterocycles. The van der Waals surface area contributed by atoms with Crippen LogP contribution in [0.3, 0.4) is 0 Å². The van der Waals surface area contributed by atoms with E-state index in [1.54, 1.807) is 0 Å². The molecule has 2 aromatic heterocycles. The third-order valence-corrected chi connectivity index (χ3v) is 16.1. The van der Waals surface area contributed by atoms with Crippen LogP contribution in [0.1, 0.15) is 277 Å². The Morgan fingerprint density at radius 2 is 0.696 bits per heavy atom. The van der Waals surface area contributed by atoms with Crippen LogP contribution in [0.4, 0.5) is 0 Å². The molecule has 69 heavy (non-hydrogen) atoms. The van der Waals surface area contributed by atoms with Gasteiger partial charge in [0.15, 0.2) is 0 Å². The Hall–Kier alpha value is -3.60. The largest absolute Gasteiger partial charge is 0.457 e. The number of ether oxygens (including phenoxy) is 1. The quantitative estimate of drug-likeness (QED) is 0.0437. The first-order valence-electron chi connectivity index (χ1n) is 29.6. The first-order chi connectivity index (χ1) is 34.0. The number of aromatic nitrogens is 4. The van der Waals surface area contributed by atoms with Gasteiger partial charge >= 0.3 is 0 Å². The van der Waals surface area contributed by atoms with E-state index in [-0.39, 0.29) is 0 Å². The maximum absolute atomic E-state index is 7.09. The molecule has 4 aromatic rings. The Balaban J connectivity index is 0.966. The monoisotopic (exact) mass is 939 g/mol. The van der Waals surface area contributed by atoms with Gasteiger partial charge in [0.1, 0.15) is 23.1 Å². The van der Waals surface area contributed by atoms with Gasteiger partial charge in [0.05, 0.1) is 0 Å². The van der Waals surface area contributed by atoms with Crippen molar-refractivity contribution < 1.29 is 4.74 Å². The zero-order chi connectivity index (χ0) is 48.1. The molecule has 6 rings (SSSR count). The molecule has 2 aliphatic carbocycles. The summed E-state index contributed by atoms with van der Waals surface area (Å²) in [4.78, 5) is 19.8. The van der Waals surface area contributed by atoms with Crippen LogP contribution in [-0.2, 0) is 38.5 Å². The Labute approximate surface area is 423 Å². The van der Waals surface area contributed by atoms with Gasteiger partial charge in [-0.05, 0) is 160 Å².